The summed E-state index contributed by atoms with van der Waals surface area (Å²) in [6, 6.07) is 6.36. The van der Waals surface area contributed by atoms with Crippen LogP contribution in [0.1, 0.15) is 62.2 Å². The molecule has 1 saturated carbocycles. The molecular weight excluding hydrogens is 396 g/mol. The average Bonchev–Trinajstić information content (AvgIpc) is 2.79. The number of carbonyl (C=O) groups is 3. The van der Waals surface area contributed by atoms with Gasteiger partial charge in [0.1, 0.15) is 5.75 Å². The molecular formula is C24H32N2O5. The molecule has 2 fully saturated rings. The molecule has 1 N–H and O–H groups in total. The lowest BCUT2D eigenvalue weighted by Gasteiger charge is -2.31. The first kappa shape index (κ1) is 22.8. The van der Waals surface area contributed by atoms with Crippen molar-refractivity contribution in [2.45, 2.75) is 51.9 Å². The fourth-order valence-electron chi connectivity index (χ4n) is 4.03. The first-order valence-corrected chi connectivity index (χ1v) is 11.3. The van der Waals surface area contributed by atoms with Crippen LogP contribution < -0.4 is 10.1 Å². The zero-order valence-corrected chi connectivity index (χ0v) is 18.2. The molecule has 1 aromatic rings. The lowest BCUT2D eigenvalue weighted by Crippen LogP contribution is -2.41. The highest BCUT2D eigenvalue weighted by atomic mass is 16.7. The van der Waals surface area contributed by atoms with Crippen molar-refractivity contribution in [3.63, 3.8) is 0 Å². The minimum atomic E-state index is -0.764. The summed E-state index contributed by atoms with van der Waals surface area (Å²) in [7, 11) is 0. The number of hydrogen-bond donors (Lipinski definition) is 1. The molecule has 1 heterocycles. The van der Waals surface area contributed by atoms with Crippen LogP contribution >= 0.6 is 0 Å². The maximum absolute atomic E-state index is 12.5. The van der Waals surface area contributed by atoms with E-state index < -0.39 is 6.16 Å². The first-order chi connectivity index (χ1) is 15.0. The van der Waals surface area contributed by atoms with Crippen LogP contribution in [0.25, 0.3) is 0 Å². The third-order valence-electron chi connectivity index (χ3n) is 5.88. The Morgan fingerprint density at radius 3 is 2.39 bits per heavy atom. The van der Waals surface area contributed by atoms with Crippen molar-refractivity contribution in [1.29, 1.82) is 0 Å². The van der Waals surface area contributed by atoms with Crippen LogP contribution in [0.2, 0.25) is 0 Å². The molecule has 1 aromatic carbocycles. The number of ether oxygens (including phenoxy) is 2. The number of likely N-dealkylation sites (tertiary alicyclic amines) is 1. The van der Waals surface area contributed by atoms with E-state index in [1.165, 1.54) is 24.8 Å². The molecule has 0 radical (unpaired) electrons. The molecule has 1 saturated heterocycles. The molecule has 2 amide bonds. The Kier molecular flexibility index (Phi) is 8.50. The molecule has 168 valence electrons. The molecule has 3 rings (SSSR count). The van der Waals surface area contributed by atoms with Gasteiger partial charge in [-0.3, -0.25) is 9.59 Å². The number of nitrogens with zero attached hydrogens (tertiary/aromatic N) is 1. The molecule has 0 bridgehead atoms. The SMILES string of the molecule is CCOC(=O)Oc1ccc(C(=O)NCC2CCN(C(=O)C=C3CCCCC3)CC2)cc1. The van der Waals surface area contributed by atoms with Gasteiger partial charge in [0.15, 0.2) is 0 Å². The van der Waals surface area contributed by atoms with Crippen molar-refractivity contribution in [3.05, 3.63) is 41.5 Å². The minimum absolute atomic E-state index is 0.143. The number of benzene rings is 1. The Balaban J connectivity index is 1.39. The summed E-state index contributed by atoms with van der Waals surface area (Å²) in [4.78, 5) is 38.2. The smallest absolute Gasteiger partial charge is 0.434 e. The molecule has 0 atom stereocenters. The van der Waals surface area contributed by atoms with Gasteiger partial charge >= 0.3 is 6.16 Å². The molecule has 31 heavy (non-hydrogen) atoms. The van der Waals surface area contributed by atoms with Crippen molar-refractivity contribution in [1.82, 2.24) is 10.2 Å². The van der Waals surface area contributed by atoms with Gasteiger partial charge in [0, 0.05) is 31.3 Å². The van der Waals surface area contributed by atoms with E-state index in [1.54, 1.807) is 31.2 Å². The zero-order valence-electron chi connectivity index (χ0n) is 18.2. The molecule has 7 heteroatoms. The molecule has 1 aliphatic carbocycles. The van der Waals surface area contributed by atoms with Gasteiger partial charge < -0.3 is 19.7 Å². The monoisotopic (exact) mass is 428 g/mol. The number of carbonyl (C=O) groups excluding carboxylic acids is 3. The largest absolute Gasteiger partial charge is 0.513 e. The van der Waals surface area contributed by atoms with E-state index >= 15 is 0 Å². The molecule has 2 aliphatic rings. The standard InChI is InChI=1S/C24H32N2O5/c1-2-30-24(29)31-21-10-8-20(9-11-21)23(28)25-17-19-12-14-26(15-13-19)22(27)16-18-6-4-3-5-7-18/h8-11,16,19H,2-7,12-15,17H2,1H3,(H,25,28). The van der Waals surface area contributed by atoms with Gasteiger partial charge in [-0.1, -0.05) is 12.0 Å². The number of rotatable bonds is 6. The van der Waals surface area contributed by atoms with E-state index in [0.717, 1.165) is 38.8 Å². The Hall–Kier alpha value is -2.83. The Bertz CT molecular complexity index is 787. The van der Waals surface area contributed by atoms with E-state index in [4.69, 9.17) is 9.47 Å². The number of hydrogen-bond acceptors (Lipinski definition) is 5. The van der Waals surface area contributed by atoms with Crippen LogP contribution in [-0.4, -0.2) is 49.1 Å². The average molecular weight is 429 g/mol. The fraction of sp³-hybridized carbons (Fsp3) is 0.542. The highest BCUT2D eigenvalue weighted by molar-refractivity contribution is 5.94. The van der Waals surface area contributed by atoms with Gasteiger partial charge in [-0.2, -0.15) is 0 Å². The van der Waals surface area contributed by atoms with Gasteiger partial charge in [-0.15, -0.1) is 0 Å². The molecule has 0 spiro atoms. The highest BCUT2D eigenvalue weighted by Crippen LogP contribution is 2.24. The second-order valence-electron chi connectivity index (χ2n) is 8.15. The Morgan fingerprint density at radius 2 is 1.74 bits per heavy atom. The van der Waals surface area contributed by atoms with Crippen molar-refractivity contribution in [3.8, 4) is 5.75 Å². The lowest BCUT2D eigenvalue weighted by molar-refractivity contribution is -0.127. The number of nitrogens with one attached hydrogen (secondary N) is 1. The van der Waals surface area contributed by atoms with Crippen molar-refractivity contribution in [2.24, 2.45) is 5.92 Å². The van der Waals surface area contributed by atoms with Crippen molar-refractivity contribution in [2.75, 3.05) is 26.2 Å². The van der Waals surface area contributed by atoms with E-state index in [0.29, 0.717) is 23.8 Å². The maximum Gasteiger partial charge on any atom is 0.513 e. The van der Waals surface area contributed by atoms with Gasteiger partial charge in [0.05, 0.1) is 6.61 Å². The Labute approximate surface area is 183 Å². The Morgan fingerprint density at radius 1 is 1.06 bits per heavy atom. The van der Waals surface area contributed by atoms with Crippen molar-refractivity contribution < 1.29 is 23.9 Å². The summed E-state index contributed by atoms with van der Waals surface area (Å²) in [5, 5.41) is 2.97. The second-order valence-corrected chi connectivity index (χ2v) is 8.15. The van der Waals surface area contributed by atoms with Gasteiger partial charge in [0.2, 0.25) is 5.91 Å². The summed E-state index contributed by atoms with van der Waals surface area (Å²) < 4.78 is 9.71. The minimum Gasteiger partial charge on any atom is -0.434 e. The number of piperidine rings is 1. The summed E-state index contributed by atoms with van der Waals surface area (Å²) in [6.45, 7) is 4.00. The summed E-state index contributed by atoms with van der Waals surface area (Å²) in [6.07, 6.45) is 8.66. The fourth-order valence-corrected chi connectivity index (χ4v) is 4.03. The summed E-state index contributed by atoms with van der Waals surface area (Å²) >= 11 is 0. The van der Waals surface area contributed by atoms with Crippen LogP contribution in [-0.2, 0) is 9.53 Å². The van der Waals surface area contributed by atoms with Crippen LogP contribution in [0, 0.1) is 5.92 Å². The summed E-state index contributed by atoms with van der Waals surface area (Å²) in [5.74, 6) is 0.671. The van der Waals surface area contributed by atoms with Gasteiger partial charge in [0.25, 0.3) is 5.91 Å². The highest BCUT2D eigenvalue weighted by Gasteiger charge is 2.23. The van der Waals surface area contributed by atoms with Crippen LogP contribution in [0.15, 0.2) is 35.9 Å². The van der Waals surface area contributed by atoms with Crippen molar-refractivity contribution >= 4 is 18.0 Å². The van der Waals surface area contributed by atoms with Crippen LogP contribution in [0.4, 0.5) is 4.79 Å². The number of amides is 2. The van der Waals surface area contributed by atoms with Gasteiger partial charge in [-0.05, 0) is 75.6 Å². The first-order valence-electron chi connectivity index (χ1n) is 11.3. The predicted octanol–water partition coefficient (Wildman–Crippen LogP) is 4.08. The summed E-state index contributed by atoms with van der Waals surface area (Å²) in [5.41, 5.74) is 1.80. The molecule has 7 nitrogen and oxygen atoms in total. The molecule has 1 aliphatic heterocycles. The quantitative estimate of drug-likeness (QED) is 0.419. The lowest BCUT2D eigenvalue weighted by atomic mass is 9.93. The van der Waals surface area contributed by atoms with E-state index in [-0.39, 0.29) is 18.4 Å². The maximum atomic E-state index is 12.5. The van der Waals surface area contributed by atoms with Crippen LogP contribution in [0.3, 0.4) is 0 Å². The third-order valence-corrected chi connectivity index (χ3v) is 5.88. The predicted molar refractivity (Wildman–Crippen MR) is 117 cm³/mol. The second kappa shape index (κ2) is 11.5. The van der Waals surface area contributed by atoms with E-state index in [9.17, 15) is 14.4 Å². The van der Waals surface area contributed by atoms with E-state index in [2.05, 4.69) is 5.32 Å². The third kappa shape index (κ3) is 7.12. The molecule has 0 unspecified atom stereocenters. The van der Waals surface area contributed by atoms with Gasteiger partial charge in [-0.25, -0.2) is 4.79 Å². The topological polar surface area (TPSA) is 84.9 Å². The molecule has 0 aromatic heterocycles. The normalized spacial score (nSPS) is 17.1. The van der Waals surface area contributed by atoms with E-state index in [1.807, 2.05) is 11.0 Å². The zero-order chi connectivity index (χ0) is 22.1. The number of allylic oxidation sites excluding steroid dienone is 1. The van der Waals surface area contributed by atoms with Crippen LogP contribution in [0.5, 0.6) is 5.75 Å².